The zero-order valence-electron chi connectivity index (χ0n) is 28.5. The number of hydrogen-bond donors (Lipinski definition) is 4. The van der Waals surface area contributed by atoms with Crippen molar-refractivity contribution in [3.63, 3.8) is 0 Å². The number of benzene rings is 1. The van der Waals surface area contributed by atoms with Gasteiger partial charge in [-0.15, -0.1) is 0 Å². The number of phenols is 2. The first-order chi connectivity index (χ1) is 20.6. The Balaban J connectivity index is 2.46. The molecule has 1 aromatic carbocycles. The zero-order valence-corrected chi connectivity index (χ0v) is 28.5. The largest absolute Gasteiger partial charge is 0.506 e. The average Bonchev–Trinajstić information content (AvgIpc) is 2.91. The number of aliphatic hydroxyl groups is 2. The second kappa shape index (κ2) is 12.7. The van der Waals surface area contributed by atoms with Crippen LogP contribution in [0, 0.1) is 28.1 Å². The second-order valence-electron chi connectivity index (χ2n) is 15.1. The van der Waals surface area contributed by atoms with Gasteiger partial charge in [-0.25, -0.2) is 0 Å². The Bertz CT molecular complexity index is 1470. The molecule has 0 unspecified atom stereocenters. The maximum atomic E-state index is 15.2. The summed E-state index contributed by atoms with van der Waals surface area (Å²) >= 11 is 0. The van der Waals surface area contributed by atoms with Gasteiger partial charge in [-0.05, 0) is 122 Å². The molecule has 7 nitrogen and oxygen atoms in total. The summed E-state index contributed by atoms with van der Waals surface area (Å²) < 4.78 is 0. The topological polar surface area (TPSA) is 132 Å². The predicted molar refractivity (Wildman–Crippen MR) is 178 cm³/mol. The molecule has 2 bridgehead atoms. The molecule has 2 saturated carbocycles. The van der Waals surface area contributed by atoms with Crippen LogP contribution in [0.4, 0.5) is 0 Å². The van der Waals surface area contributed by atoms with E-state index in [9.17, 15) is 30.0 Å². The number of rotatable bonds is 11. The Morgan fingerprint density at radius 1 is 1.00 bits per heavy atom. The monoisotopic (exact) mass is 620 g/mol. The molecule has 0 heterocycles. The molecule has 0 spiro atoms. The van der Waals surface area contributed by atoms with E-state index in [1.165, 1.54) is 12.1 Å². The van der Waals surface area contributed by atoms with E-state index in [1.54, 1.807) is 13.8 Å². The number of hydrogen-bond acceptors (Lipinski definition) is 7. The van der Waals surface area contributed by atoms with E-state index >= 15 is 4.79 Å². The standard InChI is InChI=1S/C38H52O7/c1-22(2)11-13-26(24(5)6)20-37-21-27(15-12-23(3)4)36(9,10)38(34(37)44,18-17-35(7,8)45)33(43)30(32(37)42)31(41)25-14-16-28(39)29(40)19-25/h11-12,14,16,19,26-27,39-41,45H,5,13,15,17-18,20-21H2,1-4,6-10H3/b31-30+/t26-,27-,37-,38+/m1/s1. The number of carbonyl (C=O) groups excluding carboxylic acids is 3. The van der Waals surface area contributed by atoms with Gasteiger partial charge in [0.1, 0.15) is 11.3 Å². The lowest BCUT2D eigenvalue weighted by atomic mass is 9.38. The highest BCUT2D eigenvalue weighted by atomic mass is 16.3. The number of ketones is 3. The maximum Gasteiger partial charge on any atom is 0.184 e. The number of aromatic hydroxyl groups is 2. The van der Waals surface area contributed by atoms with E-state index in [-0.39, 0.29) is 43.1 Å². The van der Waals surface area contributed by atoms with Gasteiger partial charge in [-0.1, -0.05) is 49.3 Å². The maximum absolute atomic E-state index is 15.2. The number of allylic oxidation sites excluding steroid dienone is 6. The summed E-state index contributed by atoms with van der Waals surface area (Å²) in [5.41, 5.74) is -3.03. The smallest absolute Gasteiger partial charge is 0.184 e. The summed E-state index contributed by atoms with van der Waals surface area (Å²) in [6.07, 6.45) is 5.67. The molecule has 4 atom stereocenters. The van der Waals surface area contributed by atoms with Crippen LogP contribution in [0.15, 0.2) is 59.2 Å². The predicted octanol–water partition coefficient (Wildman–Crippen LogP) is 7.95. The zero-order chi connectivity index (χ0) is 34.3. The number of phenolic OH excluding ortho intramolecular Hbond substituents is 2. The van der Waals surface area contributed by atoms with Crippen LogP contribution in [0.3, 0.4) is 0 Å². The minimum atomic E-state index is -1.72. The lowest BCUT2D eigenvalue weighted by Crippen LogP contribution is -2.70. The molecule has 1 aromatic rings. The first-order valence-electron chi connectivity index (χ1n) is 15.9. The third-order valence-corrected chi connectivity index (χ3v) is 10.3. The van der Waals surface area contributed by atoms with E-state index < -0.39 is 62.0 Å². The van der Waals surface area contributed by atoms with Gasteiger partial charge in [0.15, 0.2) is 28.8 Å². The molecular formula is C38H52O7. The molecule has 4 N–H and O–H groups in total. The Kier molecular flexibility index (Phi) is 10.2. The molecule has 2 fully saturated rings. The van der Waals surface area contributed by atoms with Crippen LogP contribution < -0.4 is 0 Å². The van der Waals surface area contributed by atoms with Crippen molar-refractivity contribution in [1.82, 2.24) is 0 Å². The molecule has 0 aromatic heterocycles. The number of fused-ring (bicyclic) bond motifs is 2. The quantitative estimate of drug-likeness (QED) is 0.0493. The lowest BCUT2D eigenvalue weighted by Gasteiger charge is -2.61. The number of Topliss-reactive ketones (excluding diaryl/α,β-unsaturated/α-hetero) is 3. The Morgan fingerprint density at radius 3 is 2.11 bits per heavy atom. The van der Waals surface area contributed by atoms with Crippen LogP contribution in [0.5, 0.6) is 11.5 Å². The molecule has 246 valence electrons. The molecule has 0 saturated heterocycles. The number of carbonyl (C=O) groups is 3. The van der Waals surface area contributed by atoms with Gasteiger partial charge in [0.25, 0.3) is 0 Å². The van der Waals surface area contributed by atoms with Crippen LogP contribution in [0.2, 0.25) is 0 Å². The van der Waals surface area contributed by atoms with Crippen LogP contribution in [0.25, 0.3) is 5.76 Å². The molecule has 2 aliphatic carbocycles. The minimum Gasteiger partial charge on any atom is -0.506 e. The molecule has 0 amide bonds. The summed E-state index contributed by atoms with van der Waals surface area (Å²) in [5.74, 6) is -4.00. The summed E-state index contributed by atoms with van der Waals surface area (Å²) in [6, 6.07) is 3.57. The fourth-order valence-corrected chi connectivity index (χ4v) is 7.32. The van der Waals surface area contributed by atoms with Crippen molar-refractivity contribution < 1.29 is 34.8 Å². The highest BCUT2D eigenvalue weighted by Crippen LogP contribution is 2.66. The van der Waals surface area contributed by atoms with Crippen LogP contribution in [-0.4, -0.2) is 43.4 Å². The van der Waals surface area contributed by atoms with Crippen molar-refractivity contribution in [2.75, 3.05) is 0 Å². The van der Waals surface area contributed by atoms with Crippen molar-refractivity contribution in [2.45, 2.75) is 106 Å². The lowest BCUT2D eigenvalue weighted by molar-refractivity contribution is -0.179. The SMILES string of the molecule is C=C(C)[C@H](CC=C(C)C)C[C@@]12C[C@@H](CC=C(C)C)C(C)(C)[C@@](CCC(C)(C)O)(C(=O)/C(=C(/O)c3ccc(O)c(O)c3)C1=O)C2=O. The van der Waals surface area contributed by atoms with Crippen molar-refractivity contribution >= 4 is 23.1 Å². The first kappa shape index (κ1) is 36.0. The highest BCUT2D eigenvalue weighted by Gasteiger charge is 2.74. The second-order valence-corrected chi connectivity index (χ2v) is 15.1. The van der Waals surface area contributed by atoms with Gasteiger partial charge < -0.3 is 20.4 Å². The molecule has 0 radical (unpaired) electrons. The van der Waals surface area contributed by atoms with Crippen LogP contribution in [0.1, 0.15) is 106 Å². The number of aliphatic hydroxyl groups excluding tert-OH is 1. The van der Waals surface area contributed by atoms with Crippen molar-refractivity contribution in [3.05, 3.63) is 64.8 Å². The van der Waals surface area contributed by atoms with Crippen LogP contribution in [-0.2, 0) is 14.4 Å². The van der Waals surface area contributed by atoms with Gasteiger partial charge in [0.05, 0.1) is 16.4 Å². The van der Waals surface area contributed by atoms with E-state index in [1.807, 2.05) is 48.5 Å². The van der Waals surface area contributed by atoms with Crippen LogP contribution >= 0.6 is 0 Å². The molecule has 2 aliphatic rings. The Labute approximate surface area is 268 Å². The van der Waals surface area contributed by atoms with Crippen molar-refractivity contribution in [1.29, 1.82) is 0 Å². The van der Waals surface area contributed by atoms with Gasteiger partial charge in [-0.2, -0.15) is 0 Å². The van der Waals surface area contributed by atoms with Gasteiger partial charge in [0.2, 0.25) is 0 Å². The van der Waals surface area contributed by atoms with E-state index in [0.29, 0.717) is 12.8 Å². The summed E-state index contributed by atoms with van der Waals surface area (Å²) in [4.78, 5) is 45.1. The van der Waals surface area contributed by atoms with Gasteiger partial charge in [-0.3, -0.25) is 14.4 Å². The normalized spacial score (nSPS) is 26.3. The van der Waals surface area contributed by atoms with E-state index in [2.05, 4.69) is 18.7 Å². The first-order valence-corrected chi connectivity index (χ1v) is 15.9. The summed E-state index contributed by atoms with van der Waals surface area (Å²) in [5, 5.41) is 42.6. The minimum absolute atomic E-state index is 0.00909. The third-order valence-electron chi connectivity index (χ3n) is 10.3. The molecular weight excluding hydrogens is 568 g/mol. The Morgan fingerprint density at radius 2 is 1.60 bits per heavy atom. The average molecular weight is 621 g/mol. The van der Waals surface area contributed by atoms with E-state index in [0.717, 1.165) is 22.8 Å². The molecule has 7 heteroatoms. The third kappa shape index (κ3) is 6.60. The van der Waals surface area contributed by atoms with Gasteiger partial charge in [0, 0.05) is 5.56 Å². The Hall–Kier alpha value is -3.45. The molecule has 3 rings (SSSR count). The highest BCUT2D eigenvalue weighted by molar-refractivity contribution is 6.41. The fourth-order valence-electron chi connectivity index (χ4n) is 7.32. The van der Waals surface area contributed by atoms with Crippen molar-refractivity contribution in [3.8, 4) is 11.5 Å². The van der Waals surface area contributed by atoms with E-state index in [4.69, 9.17) is 0 Å². The van der Waals surface area contributed by atoms with Crippen molar-refractivity contribution in [2.24, 2.45) is 28.1 Å². The molecule has 0 aliphatic heterocycles. The molecule has 45 heavy (non-hydrogen) atoms. The fraction of sp³-hybridized carbons (Fsp3) is 0.553. The summed E-state index contributed by atoms with van der Waals surface area (Å²) in [7, 11) is 0. The van der Waals surface area contributed by atoms with Gasteiger partial charge >= 0.3 is 0 Å². The summed E-state index contributed by atoms with van der Waals surface area (Å²) in [6.45, 7) is 21.1.